The lowest BCUT2D eigenvalue weighted by Gasteiger charge is -2.26. The van der Waals surface area contributed by atoms with Gasteiger partial charge in [0.2, 0.25) is 0 Å². The molecule has 0 fully saturated rings. The van der Waals surface area contributed by atoms with E-state index in [1.165, 1.54) is 64.0 Å². The van der Waals surface area contributed by atoms with E-state index in [0.29, 0.717) is 0 Å². The molecule has 9 rings (SSSR count). The highest BCUT2D eigenvalue weighted by Crippen LogP contribution is 2.43. The molecule has 0 aliphatic rings. The predicted molar refractivity (Wildman–Crippen MR) is 198 cm³/mol. The average Bonchev–Trinajstić information content (AvgIpc) is 3.51. The third-order valence-corrected chi connectivity index (χ3v) is 10.2. The minimum absolute atomic E-state index is 1.12. The van der Waals surface area contributed by atoms with Gasteiger partial charge in [0.05, 0.1) is 0 Å². The number of nitrogens with zero attached hydrogens (tertiary/aromatic N) is 2. The quantitative estimate of drug-likeness (QED) is 0.194. The van der Waals surface area contributed by atoms with E-state index in [9.17, 15) is 0 Å². The Balaban J connectivity index is 1.17. The van der Waals surface area contributed by atoms with Crippen LogP contribution in [0.1, 0.15) is 0 Å². The van der Waals surface area contributed by atoms with E-state index in [1.807, 2.05) is 23.7 Å². The Morgan fingerprint density at radius 3 is 1.83 bits per heavy atom. The molecule has 0 radical (unpaired) electrons. The van der Waals surface area contributed by atoms with E-state index in [-0.39, 0.29) is 0 Å². The van der Waals surface area contributed by atoms with Crippen molar-refractivity contribution in [2.24, 2.45) is 0 Å². The van der Waals surface area contributed by atoms with Crippen molar-refractivity contribution in [3.8, 4) is 22.3 Å². The minimum Gasteiger partial charge on any atom is -0.310 e. The summed E-state index contributed by atoms with van der Waals surface area (Å²) in [5.74, 6) is 0. The second-order valence-electron chi connectivity index (χ2n) is 11.7. The van der Waals surface area contributed by atoms with Crippen LogP contribution in [0.5, 0.6) is 0 Å². The van der Waals surface area contributed by atoms with E-state index in [4.69, 9.17) is 0 Å². The second-order valence-corrected chi connectivity index (χ2v) is 12.7. The largest absolute Gasteiger partial charge is 0.310 e. The van der Waals surface area contributed by atoms with Crippen LogP contribution in [0.3, 0.4) is 0 Å². The first-order valence-corrected chi connectivity index (χ1v) is 16.3. The molecule has 0 aliphatic heterocycles. The molecule has 7 aromatic carbocycles. The van der Waals surface area contributed by atoms with Crippen molar-refractivity contribution in [2.75, 3.05) is 4.90 Å². The molecule has 0 amide bonds. The summed E-state index contributed by atoms with van der Waals surface area (Å²) in [5.41, 5.74) is 8.21. The Hall–Kier alpha value is -5.77. The molecule has 2 heterocycles. The molecule has 0 N–H and O–H groups in total. The summed E-state index contributed by atoms with van der Waals surface area (Å²) < 4.78 is 2.60. The first kappa shape index (κ1) is 26.6. The van der Waals surface area contributed by atoms with Crippen LogP contribution >= 0.6 is 11.3 Å². The monoisotopic (exact) mass is 604 g/mol. The SMILES string of the molecule is c1ccc(-c2ccc(N(c3ccc(-c4ccc5ccccc5c4)cc3)c3ccc4sc5c6ccncc6ccc5c4c3)cc2)cc1. The summed E-state index contributed by atoms with van der Waals surface area (Å²) in [4.78, 5) is 6.71. The third-order valence-electron chi connectivity index (χ3n) is 8.94. The predicted octanol–water partition coefficient (Wildman–Crippen LogP) is 12.6. The van der Waals surface area contributed by atoms with Gasteiger partial charge in [0.25, 0.3) is 0 Å². The average molecular weight is 605 g/mol. The van der Waals surface area contributed by atoms with E-state index >= 15 is 0 Å². The Morgan fingerprint density at radius 1 is 0.413 bits per heavy atom. The summed E-state index contributed by atoms with van der Waals surface area (Å²) in [6.45, 7) is 0. The molecular weight excluding hydrogens is 577 g/mol. The van der Waals surface area contributed by atoms with Crippen LogP contribution in [0.25, 0.3) is 64.0 Å². The van der Waals surface area contributed by atoms with Gasteiger partial charge < -0.3 is 4.90 Å². The zero-order chi connectivity index (χ0) is 30.5. The number of hydrogen-bond donors (Lipinski definition) is 0. The third kappa shape index (κ3) is 4.61. The molecule has 0 saturated carbocycles. The van der Waals surface area contributed by atoms with Crippen molar-refractivity contribution < 1.29 is 0 Å². The van der Waals surface area contributed by atoms with Crippen molar-refractivity contribution in [1.29, 1.82) is 0 Å². The minimum atomic E-state index is 1.12. The highest BCUT2D eigenvalue weighted by atomic mass is 32.1. The molecule has 2 aromatic heterocycles. The van der Waals surface area contributed by atoms with Gasteiger partial charge in [-0.1, -0.05) is 103 Å². The molecule has 0 aliphatic carbocycles. The molecule has 0 saturated heterocycles. The number of pyridine rings is 1. The number of thiophene rings is 1. The van der Waals surface area contributed by atoms with Gasteiger partial charge in [-0.2, -0.15) is 0 Å². The van der Waals surface area contributed by atoms with Gasteiger partial charge in [-0.25, -0.2) is 0 Å². The molecule has 2 nitrogen and oxygen atoms in total. The number of fused-ring (bicyclic) bond motifs is 6. The molecule has 216 valence electrons. The topological polar surface area (TPSA) is 16.1 Å². The molecule has 0 spiro atoms. The highest BCUT2D eigenvalue weighted by molar-refractivity contribution is 7.26. The van der Waals surface area contributed by atoms with Gasteiger partial charge in [-0.3, -0.25) is 4.98 Å². The zero-order valence-corrected chi connectivity index (χ0v) is 25.8. The van der Waals surface area contributed by atoms with E-state index in [0.717, 1.165) is 17.1 Å². The number of benzene rings is 7. The van der Waals surface area contributed by atoms with E-state index < -0.39 is 0 Å². The Bertz CT molecular complexity index is 2510. The summed E-state index contributed by atoms with van der Waals surface area (Å²) in [7, 11) is 0. The fraction of sp³-hybridized carbons (Fsp3) is 0. The van der Waals surface area contributed by atoms with Crippen molar-refractivity contribution in [3.05, 3.63) is 170 Å². The fourth-order valence-electron chi connectivity index (χ4n) is 6.58. The van der Waals surface area contributed by atoms with Crippen LogP contribution in [0.2, 0.25) is 0 Å². The lowest BCUT2D eigenvalue weighted by molar-refractivity contribution is 1.29. The zero-order valence-electron chi connectivity index (χ0n) is 25.0. The molecular formula is C43H28N2S. The van der Waals surface area contributed by atoms with Gasteiger partial charge in [-0.15, -0.1) is 11.3 Å². The lowest BCUT2D eigenvalue weighted by Crippen LogP contribution is -2.09. The maximum absolute atomic E-state index is 4.34. The normalized spacial score (nSPS) is 11.5. The van der Waals surface area contributed by atoms with Gasteiger partial charge in [-0.05, 0) is 87.6 Å². The van der Waals surface area contributed by atoms with Crippen molar-refractivity contribution in [2.45, 2.75) is 0 Å². The number of hydrogen-bond acceptors (Lipinski definition) is 3. The van der Waals surface area contributed by atoms with Crippen molar-refractivity contribution >= 4 is 70.1 Å². The van der Waals surface area contributed by atoms with Crippen LogP contribution in [0.4, 0.5) is 17.1 Å². The Kier molecular flexibility index (Phi) is 6.36. The maximum atomic E-state index is 4.34. The smallest absolute Gasteiger partial charge is 0.0468 e. The first-order chi connectivity index (χ1) is 22.8. The second kappa shape index (κ2) is 11.0. The van der Waals surface area contributed by atoms with Crippen molar-refractivity contribution in [3.63, 3.8) is 0 Å². The lowest BCUT2D eigenvalue weighted by atomic mass is 10.0. The Labute approximate surface area is 271 Å². The molecule has 0 atom stereocenters. The maximum Gasteiger partial charge on any atom is 0.0468 e. The number of rotatable bonds is 5. The standard InChI is InChI=1S/C43H28N2S/c1-2-6-29(7-3-1)31-12-17-36(18-13-31)45(37-19-14-32(15-20-37)34-11-10-30-8-4-5-9-33(30)26-34)38-21-23-42-41(27-38)40-22-16-35-28-44-25-24-39(35)43(40)46-42/h1-28H. The van der Waals surface area contributed by atoms with Gasteiger partial charge in [0.1, 0.15) is 0 Å². The summed E-state index contributed by atoms with van der Waals surface area (Å²) >= 11 is 1.86. The highest BCUT2D eigenvalue weighted by Gasteiger charge is 2.16. The molecule has 9 aromatic rings. The number of aromatic nitrogens is 1. The van der Waals surface area contributed by atoms with Crippen LogP contribution in [0, 0.1) is 0 Å². The summed E-state index contributed by atoms with van der Waals surface area (Å²) in [6.07, 6.45) is 3.84. The molecule has 46 heavy (non-hydrogen) atoms. The van der Waals surface area contributed by atoms with Gasteiger partial charge in [0.15, 0.2) is 0 Å². The molecule has 0 bridgehead atoms. The van der Waals surface area contributed by atoms with Crippen LogP contribution in [-0.4, -0.2) is 4.98 Å². The number of anilines is 3. The summed E-state index contributed by atoms with van der Waals surface area (Å²) in [6, 6.07) is 57.1. The van der Waals surface area contributed by atoms with Gasteiger partial charge in [0, 0.05) is 60.4 Å². The first-order valence-electron chi connectivity index (χ1n) is 15.5. The Morgan fingerprint density at radius 2 is 1.04 bits per heavy atom. The molecule has 3 heteroatoms. The van der Waals surface area contributed by atoms with Crippen LogP contribution in [0.15, 0.2) is 170 Å². The summed E-state index contributed by atoms with van der Waals surface area (Å²) in [5, 5.41) is 7.50. The van der Waals surface area contributed by atoms with Crippen LogP contribution in [-0.2, 0) is 0 Å². The van der Waals surface area contributed by atoms with Crippen LogP contribution < -0.4 is 4.90 Å². The van der Waals surface area contributed by atoms with Crippen molar-refractivity contribution in [1.82, 2.24) is 4.98 Å². The van der Waals surface area contributed by atoms with E-state index in [1.54, 1.807) is 0 Å². The fourth-order valence-corrected chi connectivity index (χ4v) is 7.80. The molecule has 0 unspecified atom stereocenters. The van der Waals surface area contributed by atoms with E-state index in [2.05, 4.69) is 168 Å². The van der Waals surface area contributed by atoms with Gasteiger partial charge >= 0.3 is 0 Å².